The van der Waals surface area contributed by atoms with Gasteiger partial charge in [-0.15, -0.1) is 0 Å². The molecule has 10 heteroatoms. The zero-order valence-corrected chi connectivity index (χ0v) is 20.9. The third kappa shape index (κ3) is 5.68. The number of ether oxygens (including phenoxy) is 1. The summed E-state index contributed by atoms with van der Waals surface area (Å²) in [6.45, 7) is 5.93. The lowest BCUT2D eigenvalue weighted by molar-refractivity contribution is 0.108. The monoisotopic (exact) mass is 501 g/mol. The van der Waals surface area contributed by atoms with E-state index in [-0.39, 0.29) is 16.6 Å². The molecule has 2 aromatic carbocycles. The number of rotatable bonds is 9. The molecule has 1 amide bonds. The summed E-state index contributed by atoms with van der Waals surface area (Å²) in [7, 11) is -4.13. The topological polar surface area (TPSA) is 107 Å². The van der Waals surface area contributed by atoms with E-state index in [9.17, 15) is 18.0 Å². The Kier molecular flexibility index (Phi) is 8.16. The summed E-state index contributed by atoms with van der Waals surface area (Å²) in [6.07, 6.45) is 0.597. The second-order valence-electron chi connectivity index (χ2n) is 7.62. The SMILES string of the molecule is CCCc1nc(C)c(C(=O)S)n1Cc1ccc(-c2ccccc2S(=O)(=O)NC(=O)OCC)cc1. The summed E-state index contributed by atoms with van der Waals surface area (Å²) in [6, 6.07) is 13.8. The van der Waals surface area contributed by atoms with Gasteiger partial charge in [-0.25, -0.2) is 22.9 Å². The molecule has 0 fully saturated rings. The number of nitrogens with one attached hydrogen (secondary N) is 1. The summed E-state index contributed by atoms with van der Waals surface area (Å²) in [5.74, 6) is 0.822. The lowest BCUT2D eigenvalue weighted by Crippen LogP contribution is -2.31. The van der Waals surface area contributed by atoms with Crippen LogP contribution in [-0.4, -0.2) is 35.8 Å². The average molecular weight is 502 g/mol. The first kappa shape index (κ1) is 25.5. The number of imidazole rings is 1. The largest absolute Gasteiger partial charge is 0.449 e. The van der Waals surface area contributed by atoms with Crippen LogP contribution in [0.25, 0.3) is 11.1 Å². The molecule has 1 heterocycles. The number of hydrogen-bond donors (Lipinski definition) is 2. The van der Waals surface area contributed by atoms with Gasteiger partial charge in [0.1, 0.15) is 11.5 Å². The molecule has 8 nitrogen and oxygen atoms in total. The summed E-state index contributed by atoms with van der Waals surface area (Å²) in [4.78, 5) is 28.3. The second-order valence-corrected chi connectivity index (χ2v) is 9.68. The number of thiol groups is 1. The predicted octanol–water partition coefficient (Wildman–Crippen LogP) is 4.36. The molecule has 0 unspecified atom stereocenters. The van der Waals surface area contributed by atoms with Crippen molar-refractivity contribution >= 4 is 33.9 Å². The second kappa shape index (κ2) is 10.9. The van der Waals surface area contributed by atoms with Crippen LogP contribution in [0, 0.1) is 6.92 Å². The lowest BCUT2D eigenvalue weighted by Gasteiger charge is -2.13. The predicted molar refractivity (Wildman–Crippen MR) is 133 cm³/mol. The van der Waals surface area contributed by atoms with Crippen LogP contribution in [-0.2, 0) is 27.7 Å². The molecule has 0 radical (unpaired) electrons. The van der Waals surface area contributed by atoms with E-state index in [4.69, 9.17) is 4.74 Å². The lowest BCUT2D eigenvalue weighted by atomic mass is 10.0. The smallest absolute Gasteiger partial charge is 0.421 e. The van der Waals surface area contributed by atoms with Crippen molar-refractivity contribution in [1.82, 2.24) is 14.3 Å². The average Bonchev–Trinajstić information content (AvgIpc) is 3.09. The Balaban J connectivity index is 1.93. The van der Waals surface area contributed by atoms with Gasteiger partial charge in [0.2, 0.25) is 5.12 Å². The number of benzene rings is 2. The van der Waals surface area contributed by atoms with Gasteiger partial charge in [-0.1, -0.05) is 62.0 Å². The Labute approximate surface area is 204 Å². The minimum Gasteiger partial charge on any atom is -0.449 e. The zero-order chi connectivity index (χ0) is 24.9. The van der Waals surface area contributed by atoms with Crippen LogP contribution < -0.4 is 4.72 Å². The first-order valence-electron chi connectivity index (χ1n) is 10.8. The van der Waals surface area contributed by atoms with Crippen LogP contribution in [0.1, 0.15) is 47.8 Å². The van der Waals surface area contributed by atoms with Crippen molar-refractivity contribution in [3.63, 3.8) is 0 Å². The Bertz CT molecular complexity index is 1300. The number of hydrogen-bond acceptors (Lipinski definition) is 6. The summed E-state index contributed by atoms with van der Waals surface area (Å²) < 4.78 is 34.0. The maximum atomic E-state index is 12.8. The van der Waals surface area contributed by atoms with E-state index < -0.39 is 16.1 Å². The number of aromatic nitrogens is 2. The van der Waals surface area contributed by atoms with Gasteiger partial charge in [-0.05, 0) is 37.5 Å². The van der Waals surface area contributed by atoms with E-state index in [1.807, 2.05) is 28.3 Å². The number of carbonyl (C=O) groups excluding carboxylic acids is 2. The summed E-state index contributed by atoms with van der Waals surface area (Å²) in [5.41, 5.74) is 3.14. The quantitative estimate of drug-likeness (QED) is 0.422. The summed E-state index contributed by atoms with van der Waals surface area (Å²) in [5, 5.41) is -0.336. The van der Waals surface area contributed by atoms with Gasteiger partial charge in [-0.2, -0.15) is 0 Å². The molecule has 0 spiro atoms. The molecule has 0 aliphatic rings. The number of sulfonamides is 1. The molecule has 1 aromatic heterocycles. The number of aryl methyl sites for hydroxylation is 2. The molecule has 1 N–H and O–H groups in total. The van der Waals surface area contributed by atoms with E-state index in [1.54, 1.807) is 44.2 Å². The fraction of sp³-hybridized carbons (Fsp3) is 0.292. The van der Waals surface area contributed by atoms with Gasteiger partial charge in [0.25, 0.3) is 10.0 Å². The minimum absolute atomic E-state index is 0.0331. The highest BCUT2D eigenvalue weighted by Crippen LogP contribution is 2.28. The first-order valence-corrected chi connectivity index (χ1v) is 12.8. The molecule has 0 aliphatic carbocycles. The highest BCUT2D eigenvalue weighted by molar-refractivity contribution is 7.97. The molecule has 34 heavy (non-hydrogen) atoms. The third-order valence-corrected chi connectivity index (χ3v) is 6.75. The van der Waals surface area contributed by atoms with E-state index in [0.29, 0.717) is 29.1 Å². The van der Waals surface area contributed by atoms with Gasteiger partial charge in [0.05, 0.1) is 17.2 Å². The Morgan fingerprint density at radius 1 is 1.09 bits per heavy atom. The van der Waals surface area contributed by atoms with Crippen molar-refractivity contribution in [3.8, 4) is 11.1 Å². The Morgan fingerprint density at radius 2 is 1.76 bits per heavy atom. The fourth-order valence-electron chi connectivity index (χ4n) is 3.72. The number of carbonyl (C=O) groups is 2. The molecule has 180 valence electrons. The van der Waals surface area contributed by atoms with Crippen molar-refractivity contribution in [2.24, 2.45) is 0 Å². The van der Waals surface area contributed by atoms with Crippen molar-refractivity contribution in [3.05, 3.63) is 71.3 Å². The first-order chi connectivity index (χ1) is 16.2. The van der Waals surface area contributed by atoms with Gasteiger partial charge in [0.15, 0.2) is 0 Å². The number of amides is 1. The van der Waals surface area contributed by atoms with E-state index in [0.717, 1.165) is 24.2 Å². The van der Waals surface area contributed by atoms with Gasteiger partial charge >= 0.3 is 6.09 Å². The van der Waals surface area contributed by atoms with E-state index in [2.05, 4.69) is 17.6 Å². The molecule has 0 aliphatic heterocycles. The van der Waals surface area contributed by atoms with Crippen molar-refractivity contribution in [1.29, 1.82) is 0 Å². The normalized spacial score (nSPS) is 11.3. The highest BCUT2D eigenvalue weighted by atomic mass is 32.2. The molecule has 0 saturated carbocycles. The van der Waals surface area contributed by atoms with E-state index in [1.165, 1.54) is 6.07 Å². The Morgan fingerprint density at radius 3 is 2.38 bits per heavy atom. The Hall–Kier alpha value is -3.11. The molecule has 3 rings (SSSR count). The number of nitrogens with zero attached hydrogens (tertiary/aromatic N) is 2. The van der Waals surface area contributed by atoms with Crippen LogP contribution in [0.3, 0.4) is 0 Å². The van der Waals surface area contributed by atoms with Crippen molar-refractivity contribution in [2.45, 2.75) is 45.1 Å². The van der Waals surface area contributed by atoms with Crippen LogP contribution >= 0.6 is 12.6 Å². The molecular weight excluding hydrogens is 474 g/mol. The van der Waals surface area contributed by atoms with Gasteiger partial charge in [-0.3, -0.25) is 4.79 Å². The maximum absolute atomic E-state index is 12.8. The van der Waals surface area contributed by atoms with Crippen LogP contribution in [0.5, 0.6) is 0 Å². The maximum Gasteiger partial charge on any atom is 0.421 e. The third-order valence-electron chi connectivity index (χ3n) is 5.17. The van der Waals surface area contributed by atoms with Gasteiger partial charge < -0.3 is 9.30 Å². The van der Waals surface area contributed by atoms with Crippen LogP contribution in [0.15, 0.2) is 53.4 Å². The van der Waals surface area contributed by atoms with Crippen molar-refractivity contribution < 1.29 is 22.7 Å². The minimum atomic E-state index is -4.13. The standard InChI is InChI=1S/C24H27N3O5S2/c1-4-8-21-25-16(3)22(23(28)33)27(21)15-17-11-13-18(14-12-17)19-9-6-7-10-20(19)34(30,31)26-24(29)32-5-2/h6-7,9-14H,4-5,8,15H2,1-3H3,(H,26,29)(H,28,33). The van der Waals surface area contributed by atoms with Gasteiger partial charge in [0, 0.05) is 18.5 Å². The molecule has 0 atom stereocenters. The highest BCUT2D eigenvalue weighted by Gasteiger charge is 2.22. The molecular formula is C24H27N3O5S2. The fourth-order valence-corrected chi connectivity index (χ4v) is 5.13. The molecule has 0 saturated heterocycles. The van der Waals surface area contributed by atoms with Crippen LogP contribution in [0.2, 0.25) is 0 Å². The van der Waals surface area contributed by atoms with Crippen LogP contribution in [0.4, 0.5) is 4.79 Å². The summed E-state index contributed by atoms with van der Waals surface area (Å²) >= 11 is 4.02. The zero-order valence-electron chi connectivity index (χ0n) is 19.2. The van der Waals surface area contributed by atoms with E-state index >= 15 is 0 Å². The van der Waals surface area contributed by atoms with Crippen molar-refractivity contribution in [2.75, 3.05) is 6.61 Å². The molecule has 3 aromatic rings. The molecule has 0 bridgehead atoms.